The van der Waals surface area contributed by atoms with Gasteiger partial charge in [0, 0.05) is 29.6 Å². The molecule has 3 rings (SSSR count). The number of carboxylic acids is 1. The Morgan fingerprint density at radius 3 is 2.70 bits per heavy atom. The fourth-order valence-electron chi connectivity index (χ4n) is 2.77. The molecule has 5 heteroatoms. The number of hydrogen-bond acceptors (Lipinski definition) is 3. The summed E-state index contributed by atoms with van der Waals surface area (Å²) in [7, 11) is 0. The number of aryl methyl sites for hydroxylation is 1. The number of nitrogens with zero attached hydrogens (tertiary/aromatic N) is 2. The van der Waals surface area contributed by atoms with Gasteiger partial charge in [-0.25, -0.2) is 9.78 Å². The van der Waals surface area contributed by atoms with Crippen LogP contribution in [0.4, 0.5) is 0 Å². The minimum Gasteiger partial charge on any atom is -0.477 e. The Morgan fingerprint density at radius 1 is 1.30 bits per heavy atom. The van der Waals surface area contributed by atoms with E-state index in [1.54, 1.807) is 17.4 Å². The molecule has 2 heterocycles. The summed E-state index contributed by atoms with van der Waals surface area (Å²) in [6.45, 7) is 4.56. The summed E-state index contributed by atoms with van der Waals surface area (Å²) in [4.78, 5) is 16.1. The lowest BCUT2D eigenvalue weighted by molar-refractivity contribution is 0.0685. The molecule has 0 amide bonds. The summed E-state index contributed by atoms with van der Waals surface area (Å²) < 4.78 is 1.86. The maximum Gasteiger partial charge on any atom is 0.352 e. The fourth-order valence-corrected chi connectivity index (χ4v) is 3.60. The zero-order chi connectivity index (χ0) is 16.4. The van der Waals surface area contributed by atoms with Gasteiger partial charge in [-0.3, -0.25) is 0 Å². The molecule has 0 bridgehead atoms. The first-order valence-corrected chi connectivity index (χ1v) is 8.40. The second-order valence-electron chi connectivity index (χ2n) is 5.40. The Kier molecular flexibility index (Phi) is 4.30. The van der Waals surface area contributed by atoms with Crippen molar-refractivity contribution in [3.8, 4) is 10.6 Å². The Labute approximate surface area is 139 Å². The average molecular weight is 326 g/mol. The molecule has 0 saturated carbocycles. The summed E-state index contributed by atoms with van der Waals surface area (Å²) in [6, 6.07) is 11.8. The maximum absolute atomic E-state index is 11.4. The molecule has 3 aromatic rings. The molecule has 0 aliphatic rings. The first kappa shape index (κ1) is 15.5. The first-order valence-electron chi connectivity index (χ1n) is 7.52. The molecular weight excluding hydrogens is 308 g/mol. The molecule has 23 heavy (non-hydrogen) atoms. The van der Waals surface area contributed by atoms with Gasteiger partial charge in [-0.15, -0.1) is 11.3 Å². The van der Waals surface area contributed by atoms with E-state index in [4.69, 9.17) is 4.98 Å². The molecule has 0 aliphatic heterocycles. The van der Waals surface area contributed by atoms with E-state index < -0.39 is 5.97 Å². The standard InChI is InChI=1S/C18H18N2O2S/c1-3-20-15(12(2)9-16(20)18(21)22)10-14-11-23-17(19-14)13-7-5-4-6-8-13/h4-9,11H,3,10H2,1-2H3,(H,21,22). The van der Waals surface area contributed by atoms with Gasteiger partial charge in [0.15, 0.2) is 0 Å². The van der Waals surface area contributed by atoms with Crippen LogP contribution in [0, 0.1) is 6.92 Å². The van der Waals surface area contributed by atoms with Crippen LogP contribution in [-0.2, 0) is 13.0 Å². The van der Waals surface area contributed by atoms with E-state index in [0.29, 0.717) is 18.7 Å². The number of aromatic nitrogens is 2. The Hall–Kier alpha value is -2.40. The van der Waals surface area contributed by atoms with Crippen LogP contribution in [0.1, 0.15) is 34.4 Å². The minimum absolute atomic E-state index is 0.346. The van der Waals surface area contributed by atoms with Gasteiger partial charge in [0.25, 0.3) is 0 Å². The second-order valence-corrected chi connectivity index (χ2v) is 6.25. The second kappa shape index (κ2) is 6.38. The van der Waals surface area contributed by atoms with Crippen molar-refractivity contribution in [2.75, 3.05) is 0 Å². The van der Waals surface area contributed by atoms with Crippen molar-refractivity contribution in [3.05, 3.63) is 64.4 Å². The van der Waals surface area contributed by atoms with Crippen LogP contribution in [-0.4, -0.2) is 20.6 Å². The fraction of sp³-hybridized carbons (Fsp3) is 0.222. The smallest absolute Gasteiger partial charge is 0.352 e. The Morgan fingerprint density at radius 2 is 2.04 bits per heavy atom. The molecule has 0 radical (unpaired) electrons. The highest BCUT2D eigenvalue weighted by Crippen LogP contribution is 2.26. The maximum atomic E-state index is 11.4. The zero-order valence-corrected chi connectivity index (χ0v) is 13.9. The lowest BCUT2D eigenvalue weighted by Crippen LogP contribution is -2.10. The number of hydrogen-bond donors (Lipinski definition) is 1. The third-order valence-electron chi connectivity index (χ3n) is 3.88. The van der Waals surface area contributed by atoms with Gasteiger partial charge in [0.2, 0.25) is 0 Å². The van der Waals surface area contributed by atoms with Gasteiger partial charge in [-0.2, -0.15) is 0 Å². The van der Waals surface area contributed by atoms with Crippen LogP contribution >= 0.6 is 11.3 Å². The van der Waals surface area contributed by atoms with Gasteiger partial charge in [0.1, 0.15) is 10.7 Å². The van der Waals surface area contributed by atoms with E-state index in [9.17, 15) is 9.90 Å². The number of carbonyl (C=O) groups is 1. The van der Waals surface area contributed by atoms with Crippen molar-refractivity contribution < 1.29 is 9.90 Å². The van der Waals surface area contributed by atoms with E-state index in [2.05, 4.69) is 5.38 Å². The van der Waals surface area contributed by atoms with E-state index in [1.807, 2.05) is 48.7 Å². The van der Waals surface area contributed by atoms with Gasteiger partial charge < -0.3 is 9.67 Å². The number of carboxylic acid groups (broad SMARTS) is 1. The molecule has 1 N–H and O–H groups in total. The molecule has 0 spiro atoms. The number of rotatable bonds is 5. The van der Waals surface area contributed by atoms with Gasteiger partial charge in [-0.05, 0) is 25.5 Å². The quantitative estimate of drug-likeness (QED) is 0.763. The largest absolute Gasteiger partial charge is 0.477 e. The lowest BCUT2D eigenvalue weighted by atomic mass is 10.2. The van der Waals surface area contributed by atoms with Crippen LogP contribution in [0.5, 0.6) is 0 Å². The van der Waals surface area contributed by atoms with Crippen molar-refractivity contribution in [2.24, 2.45) is 0 Å². The number of aromatic carboxylic acids is 1. The summed E-state index contributed by atoms with van der Waals surface area (Å²) in [6.07, 6.45) is 0.649. The van der Waals surface area contributed by atoms with Crippen LogP contribution in [0.15, 0.2) is 41.8 Å². The summed E-state index contributed by atoms with van der Waals surface area (Å²) in [5.74, 6) is -0.885. The molecule has 1 aromatic carbocycles. The lowest BCUT2D eigenvalue weighted by Gasteiger charge is -2.08. The summed E-state index contributed by atoms with van der Waals surface area (Å²) in [5.41, 5.74) is 4.45. The van der Waals surface area contributed by atoms with Crippen molar-refractivity contribution in [2.45, 2.75) is 26.8 Å². The van der Waals surface area contributed by atoms with Gasteiger partial charge >= 0.3 is 5.97 Å². The molecule has 0 unspecified atom stereocenters. The first-order chi connectivity index (χ1) is 11.1. The molecule has 0 atom stereocenters. The molecule has 4 nitrogen and oxygen atoms in total. The van der Waals surface area contributed by atoms with E-state index >= 15 is 0 Å². The third kappa shape index (κ3) is 3.05. The molecule has 0 aliphatic carbocycles. The predicted octanol–water partition coefficient (Wildman–Crippen LogP) is 4.23. The number of benzene rings is 1. The van der Waals surface area contributed by atoms with Gasteiger partial charge in [0.05, 0.1) is 5.69 Å². The molecule has 0 fully saturated rings. The number of thiazole rings is 1. The van der Waals surface area contributed by atoms with E-state index in [1.165, 1.54) is 0 Å². The third-order valence-corrected chi connectivity index (χ3v) is 4.82. The minimum atomic E-state index is -0.885. The van der Waals surface area contributed by atoms with E-state index in [-0.39, 0.29) is 0 Å². The van der Waals surface area contributed by atoms with Crippen LogP contribution in [0.25, 0.3) is 10.6 Å². The van der Waals surface area contributed by atoms with Crippen LogP contribution < -0.4 is 0 Å². The van der Waals surface area contributed by atoms with Crippen molar-refractivity contribution in [3.63, 3.8) is 0 Å². The average Bonchev–Trinajstić information content (AvgIpc) is 3.14. The normalized spacial score (nSPS) is 10.9. The predicted molar refractivity (Wildman–Crippen MR) is 92.2 cm³/mol. The molecule has 0 saturated heterocycles. The highest BCUT2D eigenvalue weighted by Gasteiger charge is 2.17. The molecular formula is C18H18N2O2S. The molecule has 2 aromatic heterocycles. The zero-order valence-electron chi connectivity index (χ0n) is 13.1. The van der Waals surface area contributed by atoms with Crippen molar-refractivity contribution in [1.29, 1.82) is 0 Å². The van der Waals surface area contributed by atoms with Crippen molar-refractivity contribution in [1.82, 2.24) is 9.55 Å². The van der Waals surface area contributed by atoms with Crippen LogP contribution in [0.2, 0.25) is 0 Å². The Balaban J connectivity index is 1.91. The Bertz CT molecular complexity index is 834. The van der Waals surface area contributed by atoms with Crippen LogP contribution in [0.3, 0.4) is 0 Å². The SMILES string of the molecule is CCn1c(C(=O)O)cc(C)c1Cc1csc(-c2ccccc2)n1. The highest BCUT2D eigenvalue weighted by atomic mass is 32.1. The molecule has 118 valence electrons. The summed E-state index contributed by atoms with van der Waals surface area (Å²) >= 11 is 1.62. The van der Waals surface area contributed by atoms with Crippen molar-refractivity contribution >= 4 is 17.3 Å². The monoisotopic (exact) mass is 326 g/mol. The summed E-state index contributed by atoms with van der Waals surface area (Å²) in [5, 5.41) is 12.4. The van der Waals surface area contributed by atoms with E-state index in [0.717, 1.165) is 27.5 Å². The van der Waals surface area contributed by atoms with Gasteiger partial charge in [-0.1, -0.05) is 30.3 Å². The highest BCUT2D eigenvalue weighted by molar-refractivity contribution is 7.13. The topological polar surface area (TPSA) is 55.1 Å².